The molecule has 0 radical (unpaired) electrons. The van der Waals surface area contributed by atoms with E-state index in [9.17, 15) is 4.79 Å². The zero-order valence-corrected chi connectivity index (χ0v) is 11.3. The van der Waals surface area contributed by atoms with Crippen LogP contribution in [0.5, 0.6) is 0 Å². The summed E-state index contributed by atoms with van der Waals surface area (Å²) in [4.78, 5) is 17.8. The largest absolute Gasteiger partial charge is 0.355 e. The predicted octanol–water partition coefficient (Wildman–Crippen LogP) is 2.13. The Morgan fingerprint density at radius 3 is 2.37 bits per heavy atom. The molecule has 1 aliphatic heterocycles. The van der Waals surface area contributed by atoms with Crippen LogP contribution >= 0.6 is 11.6 Å². The van der Waals surface area contributed by atoms with Crippen molar-refractivity contribution in [2.45, 2.75) is 5.91 Å². The molecule has 5 nitrogen and oxygen atoms in total. The highest BCUT2D eigenvalue weighted by atomic mass is 35.5. The first-order valence-corrected chi connectivity index (χ1v) is 5.88. The fourth-order valence-corrected chi connectivity index (χ4v) is 1.99. The zero-order valence-electron chi connectivity index (χ0n) is 10.6. The van der Waals surface area contributed by atoms with Crippen LogP contribution in [0.1, 0.15) is 0 Å². The minimum absolute atomic E-state index is 0.0622. The van der Waals surface area contributed by atoms with Crippen molar-refractivity contribution in [3.8, 4) is 0 Å². The molecule has 0 saturated heterocycles. The van der Waals surface area contributed by atoms with E-state index >= 15 is 0 Å². The average Bonchev–Trinajstić information content (AvgIpc) is 2.44. The Labute approximate surface area is 116 Å². The number of hydrogen-bond acceptors (Lipinski definition) is 4. The van der Waals surface area contributed by atoms with Crippen molar-refractivity contribution >= 4 is 28.4 Å². The lowest BCUT2D eigenvalue weighted by Crippen LogP contribution is -2.54. The number of hydrogen-bond donors (Lipinski definition) is 0. The molecule has 0 fully saturated rings. The summed E-state index contributed by atoms with van der Waals surface area (Å²) in [5.74, 6) is -2.27. The summed E-state index contributed by atoms with van der Waals surface area (Å²) in [6, 6.07) is 8.97. The summed E-state index contributed by atoms with van der Waals surface area (Å²) in [6.45, 7) is 3.77. The molecule has 2 rings (SSSR count). The first-order valence-electron chi connectivity index (χ1n) is 5.50. The second-order valence-electron chi connectivity index (χ2n) is 3.82. The van der Waals surface area contributed by atoms with Gasteiger partial charge in [-0.25, -0.2) is 4.99 Å². The Morgan fingerprint density at radius 1 is 1.26 bits per heavy atom. The van der Waals surface area contributed by atoms with Crippen molar-refractivity contribution in [1.82, 2.24) is 0 Å². The van der Waals surface area contributed by atoms with Gasteiger partial charge in [-0.1, -0.05) is 36.4 Å². The van der Waals surface area contributed by atoms with Crippen LogP contribution < -0.4 is 4.90 Å². The summed E-state index contributed by atoms with van der Waals surface area (Å²) < 4.78 is 10.2. The lowest BCUT2D eigenvalue weighted by Gasteiger charge is -2.36. The number of para-hydroxylation sites is 1. The number of methoxy groups -OCH3 is 2. The first-order chi connectivity index (χ1) is 9.05. The van der Waals surface area contributed by atoms with E-state index in [1.807, 2.05) is 6.07 Å². The van der Waals surface area contributed by atoms with Gasteiger partial charge in [-0.2, -0.15) is 0 Å². The molecular formula is C13H13ClN2O3. The summed E-state index contributed by atoms with van der Waals surface area (Å²) in [5.41, 5.74) is 0.895. The topological polar surface area (TPSA) is 51.1 Å². The molecule has 0 unspecified atom stereocenters. The van der Waals surface area contributed by atoms with E-state index in [1.54, 1.807) is 24.3 Å². The van der Waals surface area contributed by atoms with E-state index in [0.29, 0.717) is 5.69 Å². The number of carbonyl (C=O) groups excluding carboxylic acids is 1. The molecule has 0 atom stereocenters. The lowest BCUT2D eigenvalue weighted by molar-refractivity contribution is -0.203. The molecule has 19 heavy (non-hydrogen) atoms. The van der Waals surface area contributed by atoms with Crippen molar-refractivity contribution in [2.75, 3.05) is 19.1 Å². The van der Waals surface area contributed by atoms with Gasteiger partial charge in [-0.3, -0.25) is 9.69 Å². The molecule has 1 aliphatic rings. The number of halogens is 1. The smallest absolute Gasteiger partial charge is 0.327 e. The number of allylic oxidation sites excluding steroid dienone is 1. The SMILES string of the molecule is C=C1C(Cl)=NC(OC)(OC)C(=O)N1c1ccccc1. The maximum atomic E-state index is 12.5. The van der Waals surface area contributed by atoms with Gasteiger partial charge in [0.25, 0.3) is 0 Å². The summed E-state index contributed by atoms with van der Waals surface area (Å²) >= 11 is 6.02. The van der Waals surface area contributed by atoms with Crippen LogP contribution in [-0.2, 0) is 14.3 Å². The van der Waals surface area contributed by atoms with Crippen LogP contribution in [0.4, 0.5) is 5.69 Å². The van der Waals surface area contributed by atoms with Gasteiger partial charge >= 0.3 is 11.8 Å². The molecule has 0 spiro atoms. The van der Waals surface area contributed by atoms with Crippen LogP contribution in [0.2, 0.25) is 0 Å². The van der Waals surface area contributed by atoms with Crippen LogP contribution in [0, 0.1) is 0 Å². The summed E-state index contributed by atoms with van der Waals surface area (Å²) in [6.07, 6.45) is 0. The quantitative estimate of drug-likeness (QED) is 0.797. The molecule has 0 N–H and O–H groups in total. The van der Waals surface area contributed by atoms with Gasteiger partial charge in [0, 0.05) is 19.9 Å². The number of nitrogens with zero attached hydrogens (tertiary/aromatic N) is 2. The maximum absolute atomic E-state index is 12.5. The number of rotatable bonds is 3. The molecule has 0 aliphatic carbocycles. The van der Waals surface area contributed by atoms with Crippen molar-refractivity contribution in [3.63, 3.8) is 0 Å². The normalized spacial score (nSPS) is 18.5. The highest BCUT2D eigenvalue weighted by Gasteiger charge is 2.48. The molecule has 0 saturated carbocycles. The van der Waals surface area contributed by atoms with Gasteiger partial charge in [0.1, 0.15) is 0 Å². The summed E-state index contributed by atoms with van der Waals surface area (Å²) in [5, 5.41) is 0.0622. The lowest BCUT2D eigenvalue weighted by atomic mass is 10.2. The molecule has 1 heterocycles. The number of anilines is 1. The van der Waals surface area contributed by atoms with Crippen LogP contribution in [0.25, 0.3) is 0 Å². The predicted molar refractivity (Wildman–Crippen MR) is 73.1 cm³/mol. The molecule has 0 bridgehead atoms. The van der Waals surface area contributed by atoms with E-state index in [1.165, 1.54) is 19.1 Å². The highest BCUT2D eigenvalue weighted by Crippen LogP contribution is 2.31. The maximum Gasteiger partial charge on any atom is 0.355 e. The van der Waals surface area contributed by atoms with Crippen LogP contribution in [-0.4, -0.2) is 31.2 Å². The molecule has 6 heteroatoms. The third kappa shape index (κ3) is 2.16. The minimum atomic E-state index is -1.77. The van der Waals surface area contributed by atoms with Gasteiger partial charge in [-0.05, 0) is 12.1 Å². The van der Waals surface area contributed by atoms with E-state index in [4.69, 9.17) is 21.1 Å². The van der Waals surface area contributed by atoms with E-state index in [0.717, 1.165) is 0 Å². The second-order valence-corrected chi connectivity index (χ2v) is 4.17. The van der Waals surface area contributed by atoms with Crippen molar-refractivity contribution < 1.29 is 14.3 Å². The molecule has 100 valence electrons. The van der Waals surface area contributed by atoms with Gasteiger partial charge in [0.2, 0.25) is 0 Å². The number of carbonyl (C=O) groups is 1. The molecule has 1 amide bonds. The zero-order chi connectivity index (χ0) is 14.0. The van der Waals surface area contributed by atoms with Crippen LogP contribution in [0.15, 0.2) is 47.6 Å². The molecule has 1 aromatic rings. The fourth-order valence-electron chi connectivity index (χ4n) is 1.80. The Bertz CT molecular complexity index is 538. The Balaban J connectivity index is 2.54. The standard InChI is InChI=1S/C13H13ClN2O3/c1-9-11(14)15-13(18-2,19-3)12(17)16(9)10-7-5-4-6-8-10/h4-8H,1H2,2-3H3. The van der Waals surface area contributed by atoms with E-state index < -0.39 is 11.8 Å². The second kappa shape index (κ2) is 5.13. The van der Waals surface area contributed by atoms with E-state index in [-0.39, 0.29) is 10.9 Å². The van der Waals surface area contributed by atoms with Gasteiger partial charge < -0.3 is 9.47 Å². The molecule has 1 aromatic carbocycles. The molecular weight excluding hydrogens is 268 g/mol. The highest BCUT2D eigenvalue weighted by molar-refractivity contribution is 6.70. The third-order valence-electron chi connectivity index (χ3n) is 2.79. The van der Waals surface area contributed by atoms with Gasteiger partial charge in [0.05, 0.1) is 5.70 Å². The van der Waals surface area contributed by atoms with Crippen LogP contribution in [0.3, 0.4) is 0 Å². The Hall–Kier alpha value is -1.69. The van der Waals surface area contributed by atoms with E-state index in [2.05, 4.69) is 11.6 Å². The third-order valence-corrected chi connectivity index (χ3v) is 3.10. The van der Waals surface area contributed by atoms with Gasteiger partial charge in [0.15, 0.2) is 5.17 Å². The molecule has 0 aromatic heterocycles. The summed E-state index contributed by atoms with van der Waals surface area (Å²) in [7, 11) is 2.65. The number of aliphatic imine (C=N–C) groups is 1. The number of benzene rings is 1. The van der Waals surface area contributed by atoms with Gasteiger partial charge in [-0.15, -0.1) is 0 Å². The average molecular weight is 281 g/mol. The first kappa shape index (κ1) is 13.7. The van der Waals surface area contributed by atoms with Crippen molar-refractivity contribution in [2.24, 2.45) is 4.99 Å². The fraction of sp³-hybridized carbons (Fsp3) is 0.231. The number of amides is 1. The van der Waals surface area contributed by atoms with Crippen molar-refractivity contribution in [3.05, 3.63) is 42.6 Å². The Morgan fingerprint density at radius 2 is 1.84 bits per heavy atom. The Kier molecular flexibility index (Phi) is 3.71. The minimum Gasteiger partial charge on any atom is -0.327 e. The monoisotopic (exact) mass is 280 g/mol. The van der Waals surface area contributed by atoms with Crippen molar-refractivity contribution in [1.29, 1.82) is 0 Å². The number of ether oxygens (including phenoxy) is 2.